The molecule has 0 aliphatic carbocycles. The second-order valence-corrected chi connectivity index (χ2v) is 6.85. The normalized spacial score (nSPS) is 21.6. The standard InChI is InChI=1S/C22H20N4O2/c1-12-5-8-17(23-14(12)3)21(27)25-16-7-10-20-19(11-16)26-22(28-20)18-9-6-13(2)15(4)24-18/h5-11,14-15H,1-2H2,3-4H3,(H,25,27). The average molecular weight is 372 g/mol. The van der Waals surface area contributed by atoms with Gasteiger partial charge in [0.25, 0.3) is 5.91 Å². The number of carbonyl (C=O) groups excluding carboxylic acids is 1. The van der Waals surface area contributed by atoms with Crippen molar-refractivity contribution in [2.45, 2.75) is 25.9 Å². The van der Waals surface area contributed by atoms with Crippen molar-refractivity contribution in [2.24, 2.45) is 9.98 Å². The second kappa shape index (κ2) is 6.88. The second-order valence-electron chi connectivity index (χ2n) is 6.85. The molecule has 0 bridgehead atoms. The molecule has 2 aromatic rings. The van der Waals surface area contributed by atoms with E-state index in [9.17, 15) is 4.79 Å². The topological polar surface area (TPSA) is 79.9 Å². The number of carbonyl (C=O) groups is 1. The zero-order valence-corrected chi connectivity index (χ0v) is 15.8. The van der Waals surface area contributed by atoms with Crippen LogP contribution in [0.3, 0.4) is 0 Å². The third-order valence-corrected chi connectivity index (χ3v) is 4.75. The van der Waals surface area contributed by atoms with E-state index in [1.165, 1.54) is 0 Å². The zero-order valence-electron chi connectivity index (χ0n) is 15.8. The number of hydrogen-bond donors (Lipinski definition) is 1. The van der Waals surface area contributed by atoms with Crippen LogP contribution in [0.25, 0.3) is 11.1 Å². The van der Waals surface area contributed by atoms with Gasteiger partial charge >= 0.3 is 0 Å². The number of anilines is 1. The molecule has 0 saturated carbocycles. The molecule has 0 saturated heterocycles. The lowest BCUT2D eigenvalue weighted by molar-refractivity contribution is -0.110. The van der Waals surface area contributed by atoms with Gasteiger partial charge in [0.15, 0.2) is 5.58 Å². The van der Waals surface area contributed by atoms with Gasteiger partial charge in [0.2, 0.25) is 5.89 Å². The number of benzene rings is 1. The molecule has 1 aromatic carbocycles. The molecule has 140 valence electrons. The highest BCUT2D eigenvalue weighted by molar-refractivity contribution is 6.47. The minimum absolute atomic E-state index is 0.00680. The van der Waals surface area contributed by atoms with Crippen molar-refractivity contribution < 1.29 is 9.21 Å². The van der Waals surface area contributed by atoms with Crippen molar-refractivity contribution >= 4 is 34.1 Å². The van der Waals surface area contributed by atoms with Crippen molar-refractivity contribution in [1.82, 2.24) is 4.98 Å². The van der Waals surface area contributed by atoms with Crippen LogP contribution < -0.4 is 5.32 Å². The highest BCUT2D eigenvalue weighted by Crippen LogP contribution is 2.23. The number of allylic oxidation sites excluding steroid dienone is 1. The summed E-state index contributed by atoms with van der Waals surface area (Å²) < 4.78 is 5.81. The fraction of sp³-hybridized carbons (Fsp3) is 0.182. The molecule has 6 heteroatoms. The first kappa shape index (κ1) is 17.9. The van der Waals surface area contributed by atoms with Crippen LogP contribution in [0.2, 0.25) is 0 Å². The van der Waals surface area contributed by atoms with E-state index < -0.39 is 0 Å². The van der Waals surface area contributed by atoms with E-state index in [4.69, 9.17) is 4.42 Å². The number of rotatable bonds is 3. The molecule has 2 atom stereocenters. The van der Waals surface area contributed by atoms with Crippen LogP contribution in [0.5, 0.6) is 0 Å². The number of dihydropyridines is 2. The Bertz CT molecular complexity index is 1130. The van der Waals surface area contributed by atoms with Gasteiger partial charge < -0.3 is 9.73 Å². The van der Waals surface area contributed by atoms with Gasteiger partial charge in [-0.05, 0) is 55.3 Å². The van der Waals surface area contributed by atoms with Crippen LogP contribution in [-0.2, 0) is 4.79 Å². The average Bonchev–Trinajstić information content (AvgIpc) is 3.09. The van der Waals surface area contributed by atoms with Gasteiger partial charge in [0.05, 0.1) is 12.1 Å². The first-order valence-electron chi connectivity index (χ1n) is 9.02. The summed E-state index contributed by atoms with van der Waals surface area (Å²) in [5.74, 6) is 0.173. The zero-order chi connectivity index (χ0) is 19.8. The summed E-state index contributed by atoms with van der Waals surface area (Å²) in [4.78, 5) is 25.9. The maximum Gasteiger partial charge on any atom is 0.273 e. The number of aliphatic imine (C=N–C) groups is 2. The van der Waals surface area contributed by atoms with Crippen LogP contribution >= 0.6 is 0 Å². The Hall–Kier alpha value is -3.54. The van der Waals surface area contributed by atoms with Gasteiger partial charge in [0.1, 0.15) is 16.9 Å². The van der Waals surface area contributed by atoms with Crippen molar-refractivity contribution in [3.05, 3.63) is 72.7 Å². The lowest BCUT2D eigenvalue weighted by Gasteiger charge is -2.14. The number of fused-ring (bicyclic) bond motifs is 1. The molecule has 2 aliphatic rings. The molecule has 1 amide bonds. The lowest BCUT2D eigenvalue weighted by atomic mass is 10.1. The summed E-state index contributed by atoms with van der Waals surface area (Å²) in [5, 5.41) is 2.85. The van der Waals surface area contributed by atoms with Crippen molar-refractivity contribution in [3.8, 4) is 0 Å². The van der Waals surface area contributed by atoms with E-state index in [1.807, 2.05) is 32.1 Å². The molecule has 0 radical (unpaired) electrons. The van der Waals surface area contributed by atoms with Gasteiger partial charge in [-0.3, -0.25) is 14.8 Å². The molecule has 2 unspecified atom stereocenters. The number of oxazole rings is 1. The fourth-order valence-electron chi connectivity index (χ4n) is 2.89. The smallest absolute Gasteiger partial charge is 0.273 e. The van der Waals surface area contributed by atoms with Gasteiger partial charge in [0, 0.05) is 5.69 Å². The number of nitrogens with zero attached hydrogens (tertiary/aromatic N) is 3. The van der Waals surface area contributed by atoms with E-state index in [2.05, 4.69) is 33.4 Å². The van der Waals surface area contributed by atoms with E-state index in [1.54, 1.807) is 24.3 Å². The predicted molar refractivity (Wildman–Crippen MR) is 112 cm³/mol. The van der Waals surface area contributed by atoms with Crippen molar-refractivity contribution in [3.63, 3.8) is 0 Å². The number of hydrogen-bond acceptors (Lipinski definition) is 5. The molecule has 3 heterocycles. The molecule has 28 heavy (non-hydrogen) atoms. The van der Waals surface area contributed by atoms with Crippen LogP contribution in [0.4, 0.5) is 5.69 Å². The predicted octanol–water partition coefficient (Wildman–Crippen LogP) is 4.03. The Balaban J connectivity index is 1.56. The van der Waals surface area contributed by atoms with Crippen LogP contribution in [0.1, 0.15) is 19.7 Å². The lowest BCUT2D eigenvalue weighted by Crippen LogP contribution is -2.25. The molecule has 1 aromatic heterocycles. The van der Waals surface area contributed by atoms with Gasteiger partial charge in [-0.25, -0.2) is 4.98 Å². The maximum absolute atomic E-state index is 12.5. The highest BCUT2D eigenvalue weighted by atomic mass is 16.3. The summed E-state index contributed by atoms with van der Waals surface area (Å²) in [7, 11) is 0. The molecule has 6 nitrogen and oxygen atoms in total. The largest absolute Gasteiger partial charge is 0.435 e. The fourth-order valence-corrected chi connectivity index (χ4v) is 2.89. The third kappa shape index (κ3) is 3.36. The van der Waals surface area contributed by atoms with Crippen LogP contribution in [0, 0.1) is 0 Å². The van der Waals surface area contributed by atoms with Crippen LogP contribution in [0.15, 0.2) is 81.2 Å². The Labute approximate surface area is 162 Å². The van der Waals surface area contributed by atoms with E-state index in [0.29, 0.717) is 34.1 Å². The van der Waals surface area contributed by atoms with E-state index in [0.717, 1.165) is 11.1 Å². The maximum atomic E-state index is 12.5. The minimum Gasteiger partial charge on any atom is -0.435 e. The molecule has 4 rings (SSSR count). The molecule has 2 aliphatic heterocycles. The Morgan fingerprint density at radius 3 is 2.46 bits per heavy atom. The number of amides is 1. The van der Waals surface area contributed by atoms with E-state index in [-0.39, 0.29) is 18.0 Å². The first-order valence-corrected chi connectivity index (χ1v) is 9.02. The Morgan fingerprint density at radius 1 is 1.04 bits per heavy atom. The SMILES string of the molecule is C=C1C=CC(C(=O)Nc2ccc3oc(C4=NC(C)C(=C)C=C4)nc3c2)=NC1C. The van der Waals surface area contributed by atoms with Crippen LogP contribution in [-0.4, -0.2) is 34.4 Å². The molecular weight excluding hydrogens is 352 g/mol. The number of nitrogens with one attached hydrogen (secondary N) is 1. The van der Waals surface area contributed by atoms with Crippen molar-refractivity contribution in [1.29, 1.82) is 0 Å². The summed E-state index contributed by atoms with van der Waals surface area (Å²) >= 11 is 0. The monoisotopic (exact) mass is 372 g/mol. The summed E-state index contributed by atoms with van der Waals surface area (Å²) in [6.07, 6.45) is 7.25. The van der Waals surface area contributed by atoms with Gasteiger partial charge in [-0.15, -0.1) is 0 Å². The third-order valence-electron chi connectivity index (χ3n) is 4.75. The summed E-state index contributed by atoms with van der Waals surface area (Å²) in [6.45, 7) is 11.7. The van der Waals surface area contributed by atoms with E-state index >= 15 is 0 Å². The van der Waals surface area contributed by atoms with Crippen molar-refractivity contribution in [2.75, 3.05) is 5.32 Å². The molecule has 0 spiro atoms. The number of aromatic nitrogens is 1. The Kier molecular flexibility index (Phi) is 4.39. The minimum atomic E-state index is -0.273. The van der Waals surface area contributed by atoms with Gasteiger partial charge in [-0.1, -0.05) is 25.3 Å². The Morgan fingerprint density at radius 2 is 1.75 bits per heavy atom. The first-order chi connectivity index (χ1) is 13.4. The molecule has 0 fully saturated rings. The summed E-state index contributed by atoms with van der Waals surface area (Å²) in [5.41, 5.74) is 4.76. The molecular formula is C22H20N4O2. The summed E-state index contributed by atoms with van der Waals surface area (Å²) in [6, 6.07) is 5.21. The van der Waals surface area contributed by atoms with Gasteiger partial charge in [-0.2, -0.15) is 0 Å². The highest BCUT2D eigenvalue weighted by Gasteiger charge is 2.18. The quantitative estimate of drug-likeness (QED) is 0.883. The molecule has 1 N–H and O–H groups in total.